The van der Waals surface area contributed by atoms with Gasteiger partial charge in [0.1, 0.15) is 5.82 Å². The molecular weight excluding hydrogens is 354 g/mol. The van der Waals surface area contributed by atoms with Crippen LogP contribution in [0.4, 0.5) is 0 Å². The first-order valence-electron chi connectivity index (χ1n) is 10.4. The van der Waals surface area contributed by atoms with Crippen molar-refractivity contribution in [2.45, 2.75) is 38.0 Å². The molecule has 0 bridgehead atoms. The van der Waals surface area contributed by atoms with Crippen LogP contribution in [0.2, 0.25) is 0 Å². The molecule has 0 saturated carbocycles. The summed E-state index contributed by atoms with van der Waals surface area (Å²) in [5, 5.41) is 7.92. The Morgan fingerprint density at radius 1 is 1.07 bits per heavy atom. The Labute approximate surface area is 165 Å². The lowest BCUT2D eigenvalue weighted by molar-refractivity contribution is -0.137. The Morgan fingerprint density at radius 2 is 1.82 bits per heavy atom. The van der Waals surface area contributed by atoms with Gasteiger partial charge in [0.15, 0.2) is 0 Å². The number of benzene rings is 1. The van der Waals surface area contributed by atoms with E-state index in [1.54, 1.807) is 11.6 Å². The summed E-state index contributed by atoms with van der Waals surface area (Å²) in [6, 6.07) is 9.68. The molecule has 0 spiro atoms. The summed E-state index contributed by atoms with van der Waals surface area (Å²) in [5.41, 5.74) is 0.728. The number of para-hydroxylation sites is 1. The molecule has 0 aliphatic carbocycles. The second kappa shape index (κ2) is 8.31. The van der Waals surface area contributed by atoms with Gasteiger partial charge in [0, 0.05) is 32.0 Å². The number of carbonyl (C=O) groups excluding carboxylic acids is 1. The first-order chi connectivity index (χ1) is 13.6. The number of hydrogen-bond donors (Lipinski definition) is 1. The highest BCUT2D eigenvalue weighted by atomic mass is 16.2. The molecule has 7 heteroatoms. The number of aromatic nitrogens is 3. The zero-order chi connectivity index (χ0) is 19.5. The number of amides is 1. The Hall–Kier alpha value is -2.41. The largest absolute Gasteiger partial charge is 0.350 e. The zero-order valence-corrected chi connectivity index (χ0v) is 16.5. The maximum atomic E-state index is 12.9. The van der Waals surface area contributed by atoms with E-state index in [-0.39, 0.29) is 17.5 Å². The Kier molecular flexibility index (Phi) is 5.62. The van der Waals surface area contributed by atoms with Crippen molar-refractivity contribution in [3.8, 4) is 5.69 Å². The van der Waals surface area contributed by atoms with Gasteiger partial charge in [-0.2, -0.15) is 5.10 Å². The fraction of sp³-hybridized carbons (Fsp3) is 0.571. The molecule has 1 aromatic carbocycles. The monoisotopic (exact) mass is 383 g/mol. The quantitative estimate of drug-likeness (QED) is 0.875. The molecule has 2 aliphatic rings. The minimum atomic E-state index is -0.120. The van der Waals surface area contributed by atoms with E-state index in [1.165, 1.54) is 4.68 Å². The van der Waals surface area contributed by atoms with Gasteiger partial charge in [0.25, 0.3) is 0 Å². The fourth-order valence-corrected chi connectivity index (χ4v) is 4.45. The van der Waals surface area contributed by atoms with Gasteiger partial charge in [-0.3, -0.25) is 4.79 Å². The van der Waals surface area contributed by atoms with Crippen LogP contribution >= 0.6 is 0 Å². The molecule has 4 rings (SSSR count). The van der Waals surface area contributed by atoms with Gasteiger partial charge >= 0.3 is 5.69 Å². The lowest BCUT2D eigenvalue weighted by Crippen LogP contribution is -2.42. The van der Waals surface area contributed by atoms with Crippen LogP contribution in [0.1, 0.15) is 43.8 Å². The number of rotatable bonds is 3. The van der Waals surface area contributed by atoms with Crippen LogP contribution in [0.5, 0.6) is 0 Å². The van der Waals surface area contributed by atoms with Crippen molar-refractivity contribution >= 4 is 5.91 Å². The lowest BCUT2D eigenvalue weighted by atomic mass is 9.93. The molecule has 2 saturated heterocycles. The minimum absolute atomic E-state index is 0.120. The van der Waals surface area contributed by atoms with E-state index in [0.29, 0.717) is 5.91 Å². The van der Waals surface area contributed by atoms with E-state index in [0.717, 1.165) is 69.8 Å². The van der Waals surface area contributed by atoms with Crippen molar-refractivity contribution in [3.05, 3.63) is 46.6 Å². The third kappa shape index (κ3) is 3.76. The molecule has 1 aromatic heterocycles. The second-order valence-corrected chi connectivity index (χ2v) is 7.91. The summed E-state index contributed by atoms with van der Waals surface area (Å²) < 4.78 is 3.14. The summed E-state index contributed by atoms with van der Waals surface area (Å²) in [7, 11) is 1.70. The number of nitrogens with zero attached hydrogens (tertiary/aromatic N) is 4. The zero-order valence-electron chi connectivity index (χ0n) is 16.5. The maximum Gasteiger partial charge on any atom is 0.350 e. The maximum absolute atomic E-state index is 12.9. The van der Waals surface area contributed by atoms with Gasteiger partial charge < -0.3 is 10.2 Å². The number of aryl methyl sites for hydroxylation is 1. The molecule has 1 amide bonds. The first kappa shape index (κ1) is 18.9. The molecule has 7 nitrogen and oxygen atoms in total. The third-order valence-electron chi connectivity index (χ3n) is 6.06. The van der Waals surface area contributed by atoms with Crippen LogP contribution in [-0.4, -0.2) is 51.3 Å². The molecule has 0 radical (unpaired) electrons. The topological polar surface area (TPSA) is 72.2 Å². The van der Waals surface area contributed by atoms with Crippen molar-refractivity contribution < 1.29 is 4.79 Å². The smallest absolute Gasteiger partial charge is 0.342 e. The molecule has 2 aromatic rings. The van der Waals surface area contributed by atoms with Crippen LogP contribution in [0.3, 0.4) is 0 Å². The molecule has 150 valence electrons. The van der Waals surface area contributed by atoms with Crippen molar-refractivity contribution in [2.75, 3.05) is 26.2 Å². The summed E-state index contributed by atoms with van der Waals surface area (Å²) in [6.45, 7) is 3.44. The minimum Gasteiger partial charge on any atom is -0.342 e. The summed E-state index contributed by atoms with van der Waals surface area (Å²) in [5.74, 6) is 1.46. The molecule has 2 aliphatic heterocycles. The van der Waals surface area contributed by atoms with E-state index in [1.807, 2.05) is 35.2 Å². The van der Waals surface area contributed by atoms with Gasteiger partial charge in [-0.25, -0.2) is 14.0 Å². The van der Waals surface area contributed by atoms with Gasteiger partial charge in [-0.1, -0.05) is 18.2 Å². The molecule has 1 atom stereocenters. The standard InChI is InChI=1S/C21H29N5O2/c1-24-21(28)26(18-7-3-2-4-8-18)19(23-24)16-10-14-25(15-11-16)20(27)17-6-5-12-22-13-9-17/h2-4,7-8,16-17,22H,5-6,9-15H2,1H3. The first-order valence-corrected chi connectivity index (χ1v) is 10.4. The van der Waals surface area contributed by atoms with Crippen molar-refractivity contribution in [1.82, 2.24) is 24.6 Å². The fourth-order valence-electron chi connectivity index (χ4n) is 4.45. The van der Waals surface area contributed by atoms with Gasteiger partial charge in [-0.05, 0) is 57.3 Å². The van der Waals surface area contributed by atoms with Gasteiger partial charge in [0.05, 0.1) is 5.69 Å². The summed E-state index contributed by atoms with van der Waals surface area (Å²) in [6.07, 6.45) is 4.69. The number of piperidine rings is 1. The molecule has 1 unspecified atom stereocenters. The SMILES string of the molecule is Cn1nc(C2CCN(C(=O)C3CCCNCC3)CC2)n(-c2ccccc2)c1=O. The Balaban J connectivity index is 1.48. The molecule has 3 heterocycles. The van der Waals surface area contributed by atoms with Crippen molar-refractivity contribution in [2.24, 2.45) is 13.0 Å². The predicted molar refractivity (Wildman–Crippen MR) is 108 cm³/mol. The second-order valence-electron chi connectivity index (χ2n) is 7.91. The average Bonchev–Trinajstić information content (AvgIpc) is 2.92. The van der Waals surface area contributed by atoms with Crippen LogP contribution in [0.15, 0.2) is 35.1 Å². The van der Waals surface area contributed by atoms with E-state index in [4.69, 9.17) is 0 Å². The molecule has 28 heavy (non-hydrogen) atoms. The highest BCUT2D eigenvalue weighted by Crippen LogP contribution is 2.29. The average molecular weight is 383 g/mol. The van der Waals surface area contributed by atoms with E-state index in [9.17, 15) is 9.59 Å². The molecule has 2 fully saturated rings. The third-order valence-corrected chi connectivity index (χ3v) is 6.06. The van der Waals surface area contributed by atoms with Gasteiger partial charge in [0.2, 0.25) is 5.91 Å². The number of carbonyl (C=O) groups is 1. The van der Waals surface area contributed by atoms with Crippen LogP contribution in [0, 0.1) is 5.92 Å². The van der Waals surface area contributed by atoms with Crippen LogP contribution in [-0.2, 0) is 11.8 Å². The summed E-state index contributed by atoms with van der Waals surface area (Å²) >= 11 is 0. The molecular formula is C21H29N5O2. The highest BCUT2D eigenvalue weighted by molar-refractivity contribution is 5.79. The Morgan fingerprint density at radius 3 is 2.57 bits per heavy atom. The lowest BCUT2D eigenvalue weighted by Gasteiger charge is -2.33. The van der Waals surface area contributed by atoms with Crippen LogP contribution in [0.25, 0.3) is 5.69 Å². The Bertz CT molecular complexity index is 857. The van der Waals surface area contributed by atoms with E-state index in [2.05, 4.69) is 10.4 Å². The van der Waals surface area contributed by atoms with Crippen molar-refractivity contribution in [3.63, 3.8) is 0 Å². The molecule has 1 N–H and O–H groups in total. The number of hydrogen-bond acceptors (Lipinski definition) is 4. The van der Waals surface area contributed by atoms with Gasteiger partial charge in [-0.15, -0.1) is 0 Å². The predicted octanol–water partition coefficient (Wildman–Crippen LogP) is 1.67. The van der Waals surface area contributed by atoms with Crippen LogP contribution < -0.4 is 11.0 Å². The van der Waals surface area contributed by atoms with E-state index >= 15 is 0 Å². The van der Waals surface area contributed by atoms with E-state index < -0.39 is 0 Å². The van der Waals surface area contributed by atoms with Crippen molar-refractivity contribution in [1.29, 1.82) is 0 Å². The normalized spacial score (nSPS) is 21.5. The highest BCUT2D eigenvalue weighted by Gasteiger charge is 2.31. The number of nitrogens with one attached hydrogen (secondary N) is 1. The summed E-state index contributed by atoms with van der Waals surface area (Å²) in [4.78, 5) is 27.6. The number of likely N-dealkylation sites (tertiary alicyclic amines) is 1.